The molecule has 0 saturated carbocycles. The number of carbonyl (C=O) groups excluding carboxylic acids is 2. The van der Waals surface area contributed by atoms with Gasteiger partial charge in [-0.2, -0.15) is 0 Å². The van der Waals surface area contributed by atoms with Crippen LogP contribution in [-0.4, -0.2) is 60.4 Å². The molecule has 0 aliphatic carbocycles. The van der Waals surface area contributed by atoms with Crippen LogP contribution in [0.5, 0.6) is 5.75 Å². The van der Waals surface area contributed by atoms with Gasteiger partial charge in [-0.15, -0.1) is 0 Å². The molecule has 1 aliphatic rings. The topological polar surface area (TPSA) is 75.9 Å². The normalized spacial score (nSPS) is 16.5. The molecule has 25 heavy (non-hydrogen) atoms. The number of piperazine rings is 1. The van der Waals surface area contributed by atoms with E-state index in [4.69, 9.17) is 10.5 Å². The predicted molar refractivity (Wildman–Crippen MR) is 92.5 cm³/mol. The maximum Gasteiger partial charge on any atom is 0.260 e. The average Bonchev–Trinajstić information content (AvgIpc) is 2.59. The summed E-state index contributed by atoms with van der Waals surface area (Å²) in [6.45, 7) is 7.52. The minimum absolute atomic E-state index is 0.0813. The number of nitrogens with two attached hydrogens (primary N) is 1. The zero-order chi connectivity index (χ0) is 18.6. The summed E-state index contributed by atoms with van der Waals surface area (Å²) in [6.07, 6.45) is 0. The standard InChI is InChI=1S/C18H26FN3O3/c1-18(2,3)16(20)17(24)22-10-8-21(9-11-22)15(23)12-25-14-6-4-13(19)5-7-14/h4-7,16H,8-12,20H2,1-3H3/t16-/m1/s1. The Bertz CT molecular complexity index is 605. The number of hydrogen-bond acceptors (Lipinski definition) is 4. The van der Waals surface area contributed by atoms with Crippen molar-refractivity contribution in [3.63, 3.8) is 0 Å². The van der Waals surface area contributed by atoms with Crippen LogP contribution in [-0.2, 0) is 9.59 Å². The molecule has 1 fully saturated rings. The lowest BCUT2D eigenvalue weighted by molar-refractivity contribution is -0.142. The number of ether oxygens (including phenoxy) is 1. The highest BCUT2D eigenvalue weighted by atomic mass is 19.1. The smallest absolute Gasteiger partial charge is 0.260 e. The van der Waals surface area contributed by atoms with Crippen LogP contribution in [0.15, 0.2) is 24.3 Å². The van der Waals surface area contributed by atoms with Crippen LogP contribution in [0.2, 0.25) is 0 Å². The molecule has 2 rings (SSSR count). The van der Waals surface area contributed by atoms with Gasteiger partial charge in [0.05, 0.1) is 6.04 Å². The maximum atomic E-state index is 12.8. The molecule has 1 heterocycles. The summed E-state index contributed by atoms with van der Waals surface area (Å²) in [6, 6.07) is 4.96. The highest BCUT2D eigenvalue weighted by molar-refractivity contribution is 5.83. The number of amides is 2. The van der Waals surface area contributed by atoms with E-state index < -0.39 is 6.04 Å². The lowest BCUT2D eigenvalue weighted by atomic mass is 9.86. The molecule has 2 amide bonds. The fourth-order valence-corrected chi connectivity index (χ4v) is 2.51. The average molecular weight is 351 g/mol. The Kier molecular flexibility index (Phi) is 6.00. The van der Waals surface area contributed by atoms with Crippen LogP contribution in [0.3, 0.4) is 0 Å². The van der Waals surface area contributed by atoms with Crippen molar-refractivity contribution in [3.8, 4) is 5.75 Å². The molecule has 6 nitrogen and oxygen atoms in total. The van der Waals surface area contributed by atoms with E-state index >= 15 is 0 Å². The monoisotopic (exact) mass is 351 g/mol. The Morgan fingerprint density at radius 1 is 1.12 bits per heavy atom. The second kappa shape index (κ2) is 7.82. The van der Waals surface area contributed by atoms with Crippen LogP contribution >= 0.6 is 0 Å². The molecular formula is C18H26FN3O3. The van der Waals surface area contributed by atoms with Crippen molar-refractivity contribution in [3.05, 3.63) is 30.1 Å². The Hall–Kier alpha value is -2.15. The van der Waals surface area contributed by atoms with E-state index in [1.165, 1.54) is 24.3 Å². The van der Waals surface area contributed by atoms with E-state index in [-0.39, 0.29) is 29.7 Å². The molecule has 1 atom stereocenters. The fourth-order valence-electron chi connectivity index (χ4n) is 2.51. The largest absolute Gasteiger partial charge is 0.484 e. The third-order valence-corrected chi connectivity index (χ3v) is 4.32. The molecule has 0 aromatic heterocycles. The second-order valence-corrected chi connectivity index (χ2v) is 7.29. The molecule has 1 aliphatic heterocycles. The number of benzene rings is 1. The molecule has 1 saturated heterocycles. The Morgan fingerprint density at radius 3 is 2.16 bits per heavy atom. The first kappa shape index (κ1) is 19.2. The third kappa shape index (κ3) is 5.16. The van der Waals surface area contributed by atoms with Crippen molar-refractivity contribution < 1.29 is 18.7 Å². The number of halogens is 1. The highest BCUT2D eigenvalue weighted by Crippen LogP contribution is 2.20. The van der Waals surface area contributed by atoms with Crippen LogP contribution in [0, 0.1) is 11.2 Å². The lowest BCUT2D eigenvalue weighted by Crippen LogP contribution is -2.57. The first-order chi connectivity index (χ1) is 11.7. The van der Waals surface area contributed by atoms with Crippen molar-refractivity contribution in [1.82, 2.24) is 9.80 Å². The minimum Gasteiger partial charge on any atom is -0.484 e. The summed E-state index contributed by atoms with van der Waals surface area (Å²) in [4.78, 5) is 28.0. The quantitative estimate of drug-likeness (QED) is 0.886. The zero-order valence-electron chi connectivity index (χ0n) is 15.0. The van der Waals surface area contributed by atoms with Crippen molar-refractivity contribution in [2.45, 2.75) is 26.8 Å². The van der Waals surface area contributed by atoms with Crippen LogP contribution in [0.4, 0.5) is 4.39 Å². The molecule has 0 unspecified atom stereocenters. The van der Waals surface area contributed by atoms with Gasteiger partial charge in [-0.05, 0) is 29.7 Å². The first-order valence-electron chi connectivity index (χ1n) is 8.39. The number of nitrogens with zero attached hydrogens (tertiary/aromatic N) is 2. The van der Waals surface area contributed by atoms with Crippen molar-refractivity contribution >= 4 is 11.8 Å². The van der Waals surface area contributed by atoms with E-state index in [2.05, 4.69) is 0 Å². The Balaban J connectivity index is 1.80. The number of rotatable bonds is 4. The fraction of sp³-hybridized carbons (Fsp3) is 0.556. The molecule has 7 heteroatoms. The molecular weight excluding hydrogens is 325 g/mol. The Morgan fingerprint density at radius 2 is 1.64 bits per heavy atom. The van der Waals surface area contributed by atoms with Gasteiger partial charge in [-0.3, -0.25) is 9.59 Å². The van der Waals surface area contributed by atoms with Gasteiger partial charge < -0.3 is 20.3 Å². The van der Waals surface area contributed by atoms with E-state index in [0.717, 1.165) is 0 Å². The zero-order valence-corrected chi connectivity index (χ0v) is 15.0. The van der Waals surface area contributed by atoms with Gasteiger partial charge in [0.15, 0.2) is 6.61 Å². The first-order valence-corrected chi connectivity index (χ1v) is 8.39. The van der Waals surface area contributed by atoms with Gasteiger partial charge in [0.1, 0.15) is 11.6 Å². The SMILES string of the molecule is CC(C)(C)[C@H](N)C(=O)N1CCN(C(=O)COc2ccc(F)cc2)CC1. The summed E-state index contributed by atoms with van der Waals surface area (Å²) in [5.41, 5.74) is 5.73. The highest BCUT2D eigenvalue weighted by Gasteiger charge is 2.33. The molecule has 0 spiro atoms. The summed E-state index contributed by atoms with van der Waals surface area (Å²) in [7, 11) is 0. The van der Waals surface area contributed by atoms with Gasteiger partial charge in [0, 0.05) is 26.2 Å². The molecule has 0 bridgehead atoms. The lowest BCUT2D eigenvalue weighted by Gasteiger charge is -2.38. The molecule has 1 aromatic carbocycles. The summed E-state index contributed by atoms with van der Waals surface area (Å²) in [5.74, 6) is -0.147. The summed E-state index contributed by atoms with van der Waals surface area (Å²) >= 11 is 0. The van der Waals surface area contributed by atoms with Crippen LogP contribution in [0.1, 0.15) is 20.8 Å². The van der Waals surface area contributed by atoms with Gasteiger partial charge in [-0.25, -0.2) is 4.39 Å². The molecule has 1 aromatic rings. The predicted octanol–water partition coefficient (Wildman–Crippen LogP) is 1.25. The van der Waals surface area contributed by atoms with Gasteiger partial charge >= 0.3 is 0 Å². The van der Waals surface area contributed by atoms with Crippen molar-refractivity contribution in [2.75, 3.05) is 32.8 Å². The van der Waals surface area contributed by atoms with E-state index in [1.54, 1.807) is 9.80 Å². The molecule has 138 valence electrons. The number of carbonyl (C=O) groups is 2. The van der Waals surface area contributed by atoms with Crippen molar-refractivity contribution in [1.29, 1.82) is 0 Å². The van der Waals surface area contributed by atoms with E-state index in [1.807, 2.05) is 20.8 Å². The maximum absolute atomic E-state index is 12.8. The van der Waals surface area contributed by atoms with E-state index in [9.17, 15) is 14.0 Å². The van der Waals surface area contributed by atoms with Crippen LogP contribution in [0.25, 0.3) is 0 Å². The van der Waals surface area contributed by atoms with Gasteiger partial charge in [0.25, 0.3) is 5.91 Å². The van der Waals surface area contributed by atoms with Gasteiger partial charge in [0.2, 0.25) is 5.91 Å². The Labute approximate surface area is 147 Å². The second-order valence-electron chi connectivity index (χ2n) is 7.29. The minimum atomic E-state index is -0.559. The number of hydrogen-bond donors (Lipinski definition) is 1. The summed E-state index contributed by atoms with van der Waals surface area (Å²) in [5, 5.41) is 0. The third-order valence-electron chi connectivity index (χ3n) is 4.32. The van der Waals surface area contributed by atoms with Crippen molar-refractivity contribution in [2.24, 2.45) is 11.1 Å². The van der Waals surface area contributed by atoms with E-state index in [0.29, 0.717) is 31.9 Å². The molecule has 0 radical (unpaired) electrons. The van der Waals surface area contributed by atoms with Crippen LogP contribution < -0.4 is 10.5 Å². The van der Waals surface area contributed by atoms with Gasteiger partial charge in [-0.1, -0.05) is 20.8 Å². The molecule has 2 N–H and O–H groups in total. The summed E-state index contributed by atoms with van der Waals surface area (Å²) < 4.78 is 18.2.